The maximum absolute atomic E-state index is 12.6. The second kappa shape index (κ2) is 9.80. The summed E-state index contributed by atoms with van der Waals surface area (Å²) in [4.78, 5) is 33.4. The van der Waals surface area contributed by atoms with Crippen molar-refractivity contribution in [1.82, 2.24) is 15.3 Å². The van der Waals surface area contributed by atoms with Crippen LogP contribution >= 0.6 is 0 Å². The highest BCUT2D eigenvalue weighted by molar-refractivity contribution is 5.77. The van der Waals surface area contributed by atoms with E-state index in [-0.39, 0.29) is 17.5 Å². The van der Waals surface area contributed by atoms with E-state index in [4.69, 9.17) is 4.74 Å². The Morgan fingerprint density at radius 1 is 1.32 bits per heavy atom. The number of H-pyrrole nitrogens is 1. The number of hydrogen-bond donors (Lipinski definition) is 3. The van der Waals surface area contributed by atoms with E-state index in [2.05, 4.69) is 22.2 Å². The van der Waals surface area contributed by atoms with Crippen LogP contribution in [0.5, 0.6) is 0 Å². The minimum atomic E-state index is -0.146. The predicted octanol–water partition coefficient (Wildman–Crippen LogP) is 0.649. The predicted molar refractivity (Wildman–Crippen MR) is 108 cm³/mol. The van der Waals surface area contributed by atoms with Gasteiger partial charge >= 0.3 is 0 Å². The minimum Gasteiger partial charge on any atom is -0.379 e. The third kappa shape index (κ3) is 5.39. The lowest BCUT2D eigenvalue weighted by Gasteiger charge is -2.30. The third-order valence-corrected chi connectivity index (χ3v) is 5.61. The normalized spacial score (nSPS) is 20.8. The van der Waals surface area contributed by atoms with E-state index in [1.807, 2.05) is 18.2 Å². The largest absolute Gasteiger partial charge is 0.379 e. The lowest BCUT2D eigenvalue weighted by molar-refractivity contribution is -0.906. The number of ether oxygens (including phenoxy) is 1. The first-order valence-electron chi connectivity index (χ1n) is 10.2. The van der Waals surface area contributed by atoms with E-state index in [0.29, 0.717) is 48.9 Å². The van der Waals surface area contributed by atoms with Gasteiger partial charge in [0.05, 0.1) is 17.5 Å². The number of aromatic amines is 1. The summed E-state index contributed by atoms with van der Waals surface area (Å²) in [7, 11) is 1.65. The number of methoxy groups -OCH3 is 1. The quantitative estimate of drug-likeness (QED) is 0.621. The molecule has 7 heteroatoms. The lowest BCUT2D eigenvalue weighted by atomic mass is 9.86. The molecule has 1 saturated carbocycles. The molecule has 0 radical (unpaired) electrons. The molecular weight excluding hydrogens is 356 g/mol. The first kappa shape index (κ1) is 20.5. The van der Waals surface area contributed by atoms with Crippen LogP contribution < -0.4 is 15.8 Å². The summed E-state index contributed by atoms with van der Waals surface area (Å²) in [6.45, 7) is 4.23. The topological polar surface area (TPSA) is 88.5 Å². The van der Waals surface area contributed by atoms with Crippen LogP contribution in [0.25, 0.3) is 10.9 Å². The van der Waals surface area contributed by atoms with Crippen LogP contribution in [0.15, 0.2) is 29.1 Å². The number of aromatic nitrogens is 2. The molecule has 1 fully saturated rings. The Hall–Kier alpha value is -2.25. The Morgan fingerprint density at radius 2 is 2.11 bits per heavy atom. The molecule has 0 aliphatic heterocycles. The molecule has 3 rings (SSSR count). The van der Waals surface area contributed by atoms with Gasteiger partial charge in [-0.1, -0.05) is 31.9 Å². The Bertz CT molecular complexity index is 851. The van der Waals surface area contributed by atoms with Gasteiger partial charge in [0.25, 0.3) is 11.5 Å². The van der Waals surface area contributed by atoms with E-state index >= 15 is 0 Å². The Labute approximate surface area is 165 Å². The van der Waals surface area contributed by atoms with Gasteiger partial charge in [0, 0.05) is 13.2 Å². The van der Waals surface area contributed by atoms with E-state index < -0.39 is 0 Å². The molecule has 0 spiro atoms. The van der Waals surface area contributed by atoms with Crippen LogP contribution in [0.3, 0.4) is 0 Å². The number of fused-ring (bicyclic) bond motifs is 1. The van der Waals surface area contributed by atoms with Crippen molar-refractivity contribution in [2.45, 2.75) is 45.2 Å². The monoisotopic (exact) mass is 387 g/mol. The summed E-state index contributed by atoms with van der Waals surface area (Å²) < 4.78 is 5.21. The van der Waals surface area contributed by atoms with Crippen molar-refractivity contribution >= 4 is 16.8 Å². The van der Waals surface area contributed by atoms with Gasteiger partial charge in [0.15, 0.2) is 12.4 Å². The highest BCUT2D eigenvalue weighted by Gasteiger charge is 2.25. The zero-order valence-corrected chi connectivity index (χ0v) is 16.8. The number of benzene rings is 1. The SMILES string of the molecule is COCC[NH+](CC(=O)N[C@@H]1CCCC[C@H]1C)Cc1nc2ccccc2c(=O)[nH]1. The van der Waals surface area contributed by atoms with E-state index in [0.717, 1.165) is 11.3 Å². The number of hydrogen-bond acceptors (Lipinski definition) is 4. The van der Waals surface area contributed by atoms with Crippen LogP contribution in [0.1, 0.15) is 38.4 Å². The third-order valence-electron chi connectivity index (χ3n) is 5.61. The fraction of sp³-hybridized carbons (Fsp3) is 0.571. The highest BCUT2D eigenvalue weighted by atomic mass is 16.5. The van der Waals surface area contributed by atoms with Gasteiger partial charge in [0.1, 0.15) is 13.1 Å². The second-order valence-electron chi connectivity index (χ2n) is 7.81. The Kier molecular flexibility index (Phi) is 7.17. The van der Waals surface area contributed by atoms with Crippen molar-refractivity contribution in [3.63, 3.8) is 0 Å². The number of rotatable bonds is 8. The molecule has 1 aliphatic rings. The van der Waals surface area contributed by atoms with Crippen molar-refractivity contribution < 1.29 is 14.4 Å². The molecular formula is C21H31N4O3+. The molecule has 152 valence electrons. The van der Waals surface area contributed by atoms with Gasteiger partial charge < -0.3 is 19.9 Å². The van der Waals surface area contributed by atoms with Gasteiger partial charge in [-0.25, -0.2) is 4.98 Å². The van der Waals surface area contributed by atoms with Gasteiger partial charge in [-0.3, -0.25) is 9.59 Å². The Morgan fingerprint density at radius 3 is 2.89 bits per heavy atom. The molecule has 1 aromatic heterocycles. The molecule has 3 atom stereocenters. The molecule has 0 bridgehead atoms. The molecule has 1 unspecified atom stereocenters. The molecule has 1 amide bonds. The molecule has 7 nitrogen and oxygen atoms in total. The summed E-state index contributed by atoms with van der Waals surface area (Å²) in [5, 5.41) is 3.79. The molecule has 1 aromatic carbocycles. The molecule has 3 N–H and O–H groups in total. The minimum absolute atomic E-state index is 0.0491. The van der Waals surface area contributed by atoms with Crippen molar-refractivity contribution in [1.29, 1.82) is 0 Å². The zero-order valence-electron chi connectivity index (χ0n) is 16.8. The van der Waals surface area contributed by atoms with Crippen molar-refractivity contribution in [2.75, 3.05) is 26.8 Å². The standard InChI is InChI=1S/C21H30N4O3/c1-15-7-3-5-9-17(15)23-20(26)14-25(11-12-28-2)13-19-22-18-10-6-4-8-16(18)21(27)24-19/h4,6,8,10,15,17H,3,5,7,9,11-14H2,1-2H3,(H,23,26)(H,22,24,27)/p+1/t15-,17-/m1/s1. The molecule has 2 aromatic rings. The fourth-order valence-electron chi connectivity index (χ4n) is 3.96. The lowest BCUT2D eigenvalue weighted by Crippen LogP contribution is -3.12. The first-order chi connectivity index (χ1) is 13.6. The second-order valence-corrected chi connectivity index (χ2v) is 7.81. The maximum atomic E-state index is 12.6. The van der Waals surface area contributed by atoms with Crippen LogP contribution in [0.2, 0.25) is 0 Å². The van der Waals surface area contributed by atoms with Crippen LogP contribution in [-0.4, -0.2) is 48.7 Å². The average Bonchev–Trinajstić information content (AvgIpc) is 2.68. The molecule has 1 heterocycles. The average molecular weight is 388 g/mol. The van der Waals surface area contributed by atoms with Crippen LogP contribution in [0, 0.1) is 5.92 Å². The number of carbonyl (C=O) groups excluding carboxylic acids is 1. The highest BCUT2D eigenvalue weighted by Crippen LogP contribution is 2.23. The Balaban J connectivity index is 1.68. The van der Waals surface area contributed by atoms with Crippen molar-refractivity contribution in [3.05, 3.63) is 40.4 Å². The maximum Gasteiger partial charge on any atom is 0.275 e. The van der Waals surface area contributed by atoms with Gasteiger partial charge in [-0.15, -0.1) is 0 Å². The summed E-state index contributed by atoms with van der Waals surface area (Å²) in [6.07, 6.45) is 4.66. The van der Waals surface area contributed by atoms with Crippen molar-refractivity contribution in [3.8, 4) is 0 Å². The van der Waals surface area contributed by atoms with Gasteiger partial charge in [0.2, 0.25) is 0 Å². The van der Waals surface area contributed by atoms with Crippen molar-refractivity contribution in [2.24, 2.45) is 5.92 Å². The van der Waals surface area contributed by atoms with Crippen LogP contribution in [-0.2, 0) is 16.1 Å². The zero-order chi connectivity index (χ0) is 19.9. The van der Waals surface area contributed by atoms with Gasteiger partial charge in [-0.2, -0.15) is 0 Å². The molecule has 0 saturated heterocycles. The van der Waals surface area contributed by atoms with Crippen LogP contribution in [0.4, 0.5) is 0 Å². The summed E-state index contributed by atoms with van der Waals surface area (Å²) >= 11 is 0. The summed E-state index contributed by atoms with van der Waals surface area (Å²) in [5.41, 5.74) is 0.528. The number of para-hydroxylation sites is 1. The molecule has 1 aliphatic carbocycles. The number of nitrogens with one attached hydrogen (secondary N) is 3. The number of carbonyl (C=O) groups is 1. The number of nitrogens with zero attached hydrogens (tertiary/aromatic N) is 1. The fourth-order valence-corrected chi connectivity index (χ4v) is 3.96. The van der Waals surface area contributed by atoms with E-state index in [1.165, 1.54) is 19.3 Å². The molecule has 28 heavy (non-hydrogen) atoms. The summed E-state index contributed by atoms with van der Waals surface area (Å²) in [6, 6.07) is 7.56. The number of amides is 1. The van der Waals surface area contributed by atoms with E-state index in [1.54, 1.807) is 13.2 Å². The first-order valence-corrected chi connectivity index (χ1v) is 10.2. The smallest absolute Gasteiger partial charge is 0.275 e. The number of quaternary nitrogens is 1. The summed E-state index contributed by atoms with van der Waals surface area (Å²) in [5.74, 6) is 1.17. The van der Waals surface area contributed by atoms with Gasteiger partial charge in [-0.05, 0) is 30.9 Å². The van der Waals surface area contributed by atoms with E-state index in [9.17, 15) is 9.59 Å².